The fourth-order valence-electron chi connectivity index (χ4n) is 8.11. The van der Waals surface area contributed by atoms with Crippen LogP contribution in [0.5, 0.6) is 0 Å². The van der Waals surface area contributed by atoms with Gasteiger partial charge < -0.3 is 0 Å². The van der Waals surface area contributed by atoms with E-state index in [-0.39, 0.29) is 21.5 Å². The van der Waals surface area contributed by atoms with E-state index in [1.807, 2.05) is 0 Å². The molecule has 0 spiro atoms. The summed E-state index contributed by atoms with van der Waals surface area (Å²) in [6, 6.07) is 14.4. The van der Waals surface area contributed by atoms with Gasteiger partial charge in [0.1, 0.15) is 23.2 Å². The molecular formula is C49H31F39P+. The van der Waals surface area contributed by atoms with Crippen LogP contribution in [0, 0.1) is 0 Å². The lowest BCUT2D eigenvalue weighted by atomic mass is 9.91. The highest BCUT2D eigenvalue weighted by Gasteiger charge is 2.93. The largest absolute Gasteiger partial charge is 0.460 e. The number of hydrogen-bond donors (Lipinski definition) is 0. The minimum atomic E-state index is -8.29. The molecular weight excluding hydrogens is 1360 g/mol. The maximum Gasteiger partial charge on any atom is 0.460 e. The number of hydrogen-bond acceptors (Lipinski definition) is 0. The lowest BCUT2D eigenvalue weighted by Crippen LogP contribution is -2.70. The fraction of sp³-hybridized carbons (Fsp3) is 0.510. The van der Waals surface area contributed by atoms with Gasteiger partial charge in [-0.15, -0.1) is 0 Å². The Morgan fingerprint density at radius 3 is 0.584 bits per heavy atom. The zero-order chi connectivity index (χ0) is 69.5. The summed E-state index contributed by atoms with van der Waals surface area (Å²) in [6.07, 6.45) is -37.5. The zero-order valence-corrected chi connectivity index (χ0v) is 43.3. The van der Waals surface area contributed by atoms with Crippen molar-refractivity contribution >= 4 is 23.2 Å². The van der Waals surface area contributed by atoms with Crippen LogP contribution in [0.15, 0.2) is 103 Å². The Bertz CT molecular complexity index is 2730. The van der Waals surface area contributed by atoms with Crippen molar-refractivity contribution in [2.24, 2.45) is 0 Å². The molecule has 0 heterocycles. The van der Waals surface area contributed by atoms with Gasteiger partial charge >= 0.3 is 107 Å². The first-order valence-corrected chi connectivity index (χ1v) is 25.4. The molecule has 40 heteroatoms. The topological polar surface area (TPSA) is 0 Å². The first kappa shape index (κ1) is 76.0. The predicted molar refractivity (Wildman–Crippen MR) is 233 cm³/mol. The van der Waals surface area contributed by atoms with E-state index >= 15 is 0 Å². The summed E-state index contributed by atoms with van der Waals surface area (Å²) in [4.78, 5) is 0. The van der Waals surface area contributed by atoms with Gasteiger partial charge in [0.2, 0.25) is 0 Å². The van der Waals surface area contributed by atoms with Crippen molar-refractivity contribution < 1.29 is 171 Å². The molecule has 0 amide bonds. The molecule has 0 saturated heterocycles. The van der Waals surface area contributed by atoms with Crippen molar-refractivity contribution in [1.29, 1.82) is 0 Å². The highest BCUT2D eigenvalue weighted by Crippen LogP contribution is 2.65. The van der Waals surface area contributed by atoms with Gasteiger partial charge in [-0.25, -0.2) is 0 Å². The molecule has 0 aliphatic heterocycles. The average Bonchev–Trinajstić information content (AvgIpc) is 0.742. The van der Waals surface area contributed by atoms with Crippen LogP contribution in [0.25, 0.3) is 0 Å². The van der Waals surface area contributed by atoms with Crippen LogP contribution in [0.4, 0.5) is 171 Å². The lowest BCUT2D eigenvalue weighted by molar-refractivity contribution is -0.440. The first-order chi connectivity index (χ1) is 39.4. The third-order valence-electron chi connectivity index (χ3n) is 13.6. The summed E-state index contributed by atoms with van der Waals surface area (Å²) in [7, 11) is -4.12. The molecule has 4 rings (SSSR count). The van der Waals surface area contributed by atoms with Crippen molar-refractivity contribution in [3.8, 4) is 0 Å². The first-order valence-electron chi connectivity index (χ1n) is 23.5. The van der Waals surface area contributed by atoms with Gasteiger partial charge in [-0.2, -0.15) is 171 Å². The molecule has 0 radical (unpaired) electrons. The summed E-state index contributed by atoms with van der Waals surface area (Å²) in [5.41, 5.74) is -2.31. The lowest BCUT2D eigenvalue weighted by Gasteiger charge is -2.39. The number of halogens is 39. The molecule has 0 bridgehead atoms. The number of alkyl halides is 39. The van der Waals surface area contributed by atoms with Gasteiger partial charge in [-0.1, -0.05) is 66.7 Å². The average molecular weight is 1390 g/mol. The molecule has 0 aliphatic rings. The van der Waals surface area contributed by atoms with Crippen LogP contribution in [-0.2, 0) is 25.4 Å². The van der Waals surface area contributed by atoms with Crippen molar-refractivity contribution in [1.82, 2.24) is 0 Å². The van der Waals surface area contributed by atoms with Crippen LogP contribution < -0.4 is 15.9 Å². The van der Waals surface area contributed by atoms with Crippen LogP contribution in [0.3, 0.4) is 0 Å². The Morgan fingerprint density at radius 1 is 0.202 bits per heavy atom. The molecule has 0 aromatic heterocycles. The van der Waals surface area contributed by atoms with Gasteiger partial charge in [-0.3, -0.25) is 0 Å². The third kappa shape index (κ3) is 12.3. The second kappa shape index (κ2) is 23.3. The summed E-state index contributed by atoms with van der Waals surface area (Å²) in [5, 5.41) is -0.922. The predicted octanol–water partition coefficient (Wildman–Crippen LogP) is 19.2. The molecule has 0 atom stereocenters. The van der Waals surface area contributed by atoms with Crippen LogP contribution >= 0.6 is 7.26 Å². The van der Waals surface area contributed by atoms with Crippen molar-refractivity contribution in [2.45, 2.75) is 152 Å². The highest BCUT2D eigenvalue weighted by molar-refractivity contribution is 7.95. The molecule has 504 valence electrons. The Morgan fingerprint density at radius 2 is 0.393 bits per heavy atom. The molecule has 0 saturated carbocycles. The summed E-state index contributed by atoms with van der Waals surface area (Å²) < 4.78 is 539. The second-order valence-electron chi connectivity index (χ2n) is 19.5. The van der Waals surface area contributed by atoms with Crippen molar-refractivity contribution in [3.63, 3.8) is 0 Å². The van der Waals surface area contributed by atoms with E-state index in [1.54, 1.807) is 0 Å². The van der Waals surface area contributed by atoms with E-state index in [2.05, 4.69) is 0 Å². The maximum absolute atomic E-state index is 14.8. The summed E-state index contributed by atoms with van der Waals surface area (Å²) in [5.74, 6) is -117. The van der Waals surface area contributed by atoms with Gasteiger partial charge in [-0.05, 0) is 77.9 Å². The van der Waals surface area contributed by atoms with E-state index in [0.717, 1.165) is 36.4 Å². The Balaban J connectivity index is 1.89. The molecule has 0 nitrogen and oxygen atoms in total. The molecule has 0 unspecified atom stereocenters. The third-order valence-corrected chi connectivity index (χ3v) is 18.0. The smallest absolute Gasteiger partial charge is 0.200 e. The van der Waals surface area contributed by atoms with Gasteiger partial charge in [0.05, 0.1) is 6.16 Å². The number of benzene rings is 4. The van der Waals surface area contributed by atoms with E-state index < -0.39 is 176 Å². The molecule has 0 aliphatic carbocycles. The van der Waals surface area contributed by atoms with Gasteiger partial charge in [0.15, 0.2) is 0 Å². The number of aryl methyl sites for hydroxylation is 3. The van der Waals surface area contributed by atoms with E-state index in [4.69, 9.17) is 0 Å². The number of rotatable bonds is 26. The van der Waals surface area contributed by atoms with Crippen LogP contribution in [-0.4, -0.2) is 107 Å². The quantitative estimate of drug-likeness (QED) is 0.0434. The van der Waals surface area contributed by atoms with E-state index in [1.165, 1.54) is 30.3 Å². The molecule has 0 fully saturated rings. The zero-order valence-electron chi connectivity index (χ0n) is 42.5. The second-order valence-corrected chi connectivity index (χ2v) is 22.9. The standard InChI is InChI=1S/C49H31F39P/c50-32(51,35(56,57)38(62,63)41(68,69)44(74,75)47(80,81)82)21-18-25-6-12-29(13-7-25)89(24-28-4-2-1-3-5-28,30-14-8-26(9-15-30)19-22-33(52,53)36(58,59)39(64,65)42(70,71)45(76,77)48(83,84)85)31-16-10-27(11-17-31)20-23-34(54,55)37(60,61)40(66,67)43(72,73)46(78,79)49(86,87)88/h1-17H,18-24H2/q+1. The van der Waals surface area contributed by atoms with Crippen LogP contribution in [0.1, 0.15) is 41.5 Å². The van der Waals surface area contributed by atoms with Crippen LogP contribution in [0.2, 0.25) is 0 Å². The van der Waals surface area contributed by atoms with E-state index in [9.17, 15) is 171 Å². The van der Waals surface area contributed by atoms with Crippen molar-refractivity contribution in [2.75, 3.05) is 0 Å². The minimum absolute atomic E-state index is 0.0835. The molecule has 89 heavy (non-hydrogen) atoms. The van der Waals surface area contributed by atoms with Gasteiger partial charge in [0.25, 0.3) is 0 Å². The Kier molecular flexibility index (Phi) is 19.9. The SMILES string of the molecule is FC(F)(F)C(F)(F)C(F)(F)C(F)(F)C(F)(F)C(F)(F)CCc1ccc([P+](Cc2ccccc2)(c2ccc(CCC(F)(F)C(F)(F)C(F)(F)C(F)(F)C(F)(F)C(F)(F)F)cc2)c2ccc(CCC(F)(F)C(F)(F)C(F)(F)C(F)(F)C(F)(F)C(F)(F)F)cc2)cc1. The Labute approximate surface area is 471 Å². The fourth-order valence-corrected chi connectivity index (χ4v) is 12.3. The molecule has 4 aromatic rings. The monoisotopic (exact) mass is 1390 g/mol. The van der Waals surface area contributed by atoms with Crippen molar-refractivity contribution in [3.05, 3.63) is 125 Å². The summed E-state index contributed by atoms with van der Waals surface area (Å²) >= 11 is 0. The maximum atomic E-state index is 14.8. The summed E-state index contributed by atoms with van der Waals surface area (Å²) in [6.45, 7) is 0. The van der Waals surface area contributed by atoms with Gasteiger partial charge in [0, 0.05) is 19.3 Å². The minimum Gasteiger partial charge on any atom is -0.200 e. The highest BCUT2D eigenvalue weighted by atomic mass is 31.2. The van der Waals surface area contributed by atoms with E-state index in [0.29, 0.717) is 36.4 Å². The molecule has 4 aromatic carbocycles. The molecule has 0 N–H and O–H groups in total. The normalized spacial score (nSPS) is 15.4. The Hall–Kier alpha value is -5.42.